The Labute approximate surface area is 127 Å². The van der Waals surface area contributed by atoms with E-state index in [1.54, 1.807) is 7.11 Å². The molecule has 120 valence electrons. The zero-order chi connectivity index (χ0) is 15.5. The molecule has 5 nitrogen and oxygen atoms in total. The Kier molecular flexibility index (Phi) is 8.82. The molecule has 21 heavy (non-hydrogen) atoms. The third kappa shape index (κ3) is 6.80. The van der Waals surface area contributed by atoms with E-state index < -0.39 is 6.10 Å². The number of ether oxygens (including phenoxy) is 3. The van der Waals surface area contributed by atoms with Gasteiger partial charge in [0.05, 0.1) is 33.4 Å². The number of quaternary nitrogens is 1. The molecule has 0 aromatic heterocycles. The summed E-state index contributed by atoms with van der Waals surface area (Å²) in [5, 5.41) is 9.86. The quantitative estimate of drug-likeness (QED) is 0.580. The molecule has 0 saturated carbocycles. The molecular formula is C16H28NO4+. The molecular weight excluding hydrogens is 270 g/mol. The van der Waals surface area contributed by atoms with Gasteiger partial charge in [0.1, 0.15) is 19.3 Å². The van der Waals surface area contributed by atoms with Crippen LogP contribution in [0.2, 0.25) is 0 Å². The van der Waals surface area contributed by atoms with E-state index in [0.717, 1.165) is 19.6 Å². The predicted molar refractivity (Wildman–Crippen MR) is 82.2 cm³/mol. The largest absolute Gasteiger partial charge is 0.493 e. The number of hydrogen-bond acceptors (Lipinski definition) is 4. The van der Waals surface area contributed by atoms with Crippen LogP contribution in [0, 0.1) is 0 Å². The highest BCUT2D eigenvalue weighted by Gasteiger charge is 2.09. The molecule has 0 saturated heterocycles. The molecule has 0 fully saturated rings. The summed E-state index contributed by atoms with van der Waals surface area (Å²) >= 11 is 0. The highest BCUT2D eigenvalue weighted by Crippen LogP contribution is 2.25. The van der Waals surface area contributed by atoms with Crippen LogP contribution in [0.15, 0.2) is 24.3 Å². The number of nitrogens with one attached hydrogen (secondary N) is 1. The van der Waals surface area contributed by atoms with Crippen molar-refractivity contribution in [3.8, 4) is 11.5 Å². The third-order valence-electron chi connectivity index (χ3n) is 3.41. The van der Waals surface area contributed by atoms with E-state index in [1.165, 1.54) is 4.90 Å². The van der Waals surface area contributed by atoms with Crippen molar-refractivity contribution in [1.29, 1.82) is 0 Å². The number of benzene rings is 1. The van der Waals surface area contributed by atoms with E-state index in [9.17, 15) is 5.11 Å². The minimum atomic E-state index is -0.637. The molecule has 0 heterocycles. The summed E-state index contributed by atoms with van der Waals surface area (Å²) in [6.07, 6.45) is -0.637. The van der Waals surface area contributed by atoms with Gasteiger partial charge in [0, 0.05) is 0 Å². The maximum atomic E-state index is 9.86. The summed E-state index contributed by atoms with van der Waals surface area (Å²) < 4.78 is 16.2. The Hall–Kier alpha value is -1.30. The van der Waals surface area contributed by atoms with Crippen LogP contribution in [0.4, 0.5) is 0 Å². The van der Waals surface area contributed by atoms with Gasteiger partial charge in [0.2, 0.25) is 0 Å². The molecule has 1 rings (SSSR count). The van der Waals surface area contributed by atoms with Crippen LogP contribution < -0.4 is 14.4 Å². The molecule has 0 aliphatic heterocycles. The molecule has 1 atom stereocenters. The first-order valence-corrected chi connectivity index (χ1v) is 7.56. The fourth-order valence-corrected chi connectivity index (χ4v) is 2.01. The number of aliphatic hydroxyl groups excluding tert-OH is 1. The van der Waals surface area contributed by atoms with E-state index in [4.69, 9.17) is 14.2 Å². The predicted octanol–water partition coefficient (Wildman–Crippen LogP) is 0.376. The standard InChI is InChI=1S/C16H27NO4/c1-4-17(5-2)10-11-20-12-14(18)13-21-16-9-7-6-8-15(16)19-3/h6-9,14,18H,4-5,10-13H2,1-3H3/p+1/t14-/m1/s1. The molecule has 1 aromatic carbocycles. The first kappa shape index (κ1) is 17.8. The van der Waals surface area contributed by atoms with E-state index >= 15 is 0 Å². The van der Waals surface area contributed by atoms with Gasteiger partial charge in [-0.05, 0) is 26.0 Å². The summed E-state index contributed by atoms with van der Waals surface area (Å²) in [6.45, 7) is 8.62. The Balaban J connectivity index is 2.20. The fraction of sp³-hybridized carbons (Fsp3) is 0.625. The van der Waals surface area contributed by atoms with Crippen LogP contribution in [0.1, 0.15) is 13.8 Å². The van der Waals surface area contributed by atoms with Crippen LogP contribution in [-0.4, -0.2) is 57.8 Å². The average molecular weight is 298 g/mol. The number of hydrogen-bond donors (Lipinski definition) is 2. The molecule has 5 heteroatoms. The van der Waals surface area contributed by atoms with E-state index in [-0.39, 0.29) is 13.2 Å². The van der Waals surface area contributed by atoms with Crippen molar-refractivity contribution in [1.82, 2.24) is 0 Å². The van der Waals surface area contributed by atoms with Crippen LogP contribution in [-0.2, 0) is 4.74 Å². The van der Waals surface area contributed by atoms with Gasteiger partial charge in [0.15, 0.2) is 11.5 Å². The molecule has 0 spiro atoms. The average Bonchev–Trinajstić information content (AvgIpc) is 2.53. The van der Waals surface area contributed by atoms with Crippen molar-refractivity contribution in [3.05, 3.63) is 24.3 Å². The number of aliphatic hydroxyl groups is 1. The topological polar surface area (TPSA) is 52.4 Å². The van der Waals surface area contributed by atoms with Crippen molar-refractivity contribution in [2.45, 2.75) is 20.0 Å². The maximum Gasteiger partial charge on any atom is 0.161 e. The maximum absolute atomic E-state index is 9.86. The lowest BCUT2D eigenvalue weighted by molar-refractivity contribution is -0.896. The zero-order valence-electron chi connectivity index (χ0n) is 13.3. The fourth-order valence-electron chi connectivity index (χ4n) is 2.01. The molecule has 0 amide bonds. The molecule has 0 radical (unpaired) electrons. The summed E-state index contributed by atoms with van der Waals surface area (Å²) in [5.74, 6) is 1.29. The smallest absolute Gasteiger partial charge is 0.161 e. The number of rotatable bonds is 11. The highest BCUT2D eigenvalue weighted by atomic mass is 16.5. The van der Waals surface area contributed by atoms with Gasteiger partial charge in [-0.3, -0.25) is 0 Å². The van der Waals surface area contributed by atoms with Crippen molar-refractivity contribution in [2.75, 3.05) is 46.6 Å². The van der Waals surface area contributed by atoms with Gasteiger partial charge in [-0.2, -0.15) is 0 Å². The van der Waals surface area contributed by atoms with Gasteiger partial charge >= 0.3 is 0 Å². The number of methoxy groups -OCH3 is 1. The lowest BCUT2D eigenvalue weighted by Crippen LogP contribution is -3.11. The van der Waals surface area contributed by atoms with Gasteiger partial charge in [-0.15, -0.1) is 0 Å². The summed E-state index contributed by atoms with van der Waals surface area (Å²) in [6, 6.07) is 7.38. The van der Waals surface area contributed by atoms with Crippen molar-refractivity contribution in [3.63, 3.8) is 0 Å². The first-order valence-electron chi connectivity index (χ1n) is 7.56. The van der Waals surface area contributed by atoms with Crippen LogP contribution >= 0.6 is 0 Å². The van der Waals surface area contributed by atoms with Gasteiger partial charge in [-0.25, -0.2) is 0 Å². The molecule has 2 N–H and O–H groups in total. The van der Waals surface area contributed by atoms with Gasteiger partial charge < -0.3 is 24.2 Å². The monoisotopic (exact) mass is 298 g/mol. The first-order chi connectivity index (χ1) is 10.2. The van der Waals surface area contributed by atoms with Crippen LogP contribution in [0.5, 0.6) is 11.5 Å². The van der Waals surface area contributed by atoms with E-state index in [2.05, 4.69) is 13.8 Å². The molecule has 0 bridgehead atoms. The summed E-state index contributed by atoms with van der Waals surface area (Å²) in [5.41, 5.74) is 0. The van der Waals surface area contributed by atoms with Crippen molar-refractivity contribution in [2.24, 2.45) is 0 Å². The van der Waals surface area contributed by atoms with E-state index in [1.807, 2.05) is 24.3 Å². The van der Waals surface area contributed by atoms with Crippen LogP contribution in [0.3, 0.4) is 0 Å². The van der Waals surface area contributed by atoms with Crippen molar-refractivity contribution < 1.29 is 24.2 Å². The molecule has 0 aliphatic rings. The normalized spacial score (nSPS) is 12.4. The lowest BCUT2D eigenvalue weighted by atomic mass is 10.3. The number of likely N-dealkylation sites (N-methyl/N-ethyl adjacent to an activating group) is 1. The van der Waals surface area contributed by atoms with Crippen LogP contribution in [0.25, 0.3) is 0 Å². The number of para-hydroxylation sites is 2. The Bertz CT molecular complexity index is 382. The minimum Gasteiger partial charge on any atom is -0.493 e. The lowest BCUT2D eigenvalue weighted by Gasteiger charge is -2.17. The Morgan fingerprint density at radius 1 is 1.10 bits per heavy atom. The third-order valence-corrected chi connectivity index (χ3v) is 3.41. The van der Waals surface area contributed by atoms with Gasteiger partial charge in [-0.1, -0.05) is 12.1 Å². The minimum absolute atomic E-state index is 0.193. The summed E-state index contributed by atoms with van der Waals surface area (Å²) in [4.78, 5) is 1.50. The molecule has 1 aromatic rings. The zero-order valence-corrected chi connectivity index (χ0v) is 13.3. The molecule has 0 unspecified atom stereocenters. The SMILES string of the molecule is CC[NH+](CC)CCOC[C@@H](O)COc1ccccc1OC. The van der Waals surface area contributed by atoms with E-state index in [0.29, 0.717) is 18.1 Å². The summed E-state index contributed by atoms with van der Waals surface area (Å²) in [7, 11) is 1.59. The Morgan fingerprint density at radius 3 is 2.38 bits per heavy atom. The molecule has 0 aliphatic carbocycles. The second-order valence-corrected chi connectivity index (χ2v) is 4.90. The Morgan fingerprint density at radius 2 is 1.76 bits per heavy atom. The second kappa shape index (κ2) is 10.4. The second-order valence-electron chi connectivity index (χ2n) is 4.90. The highest BCUT2D eigenvalue weighted by molar-refractivity contribution is 5.39. The van der Waals surface area contributed by atoms with Crippen molar-refractivity contribution >= 4 is 0 Å². The van der Waals surface area contributed by atoms with Gasteiger partial charge in [0.25, 0.3) is 0 Å².